The molecule has 1 aromatic carbocycles. The van der Waals surface area contributed by atoms with Crippen LogP contribution in [-0.4, -0.2) is 21.5 Å². The molecule has 2 N–H and O–H groups in total. The van der Waals surface area contributed by atoms with Gasteiger partial charge in [0.05, 0.1) is 12.2 Å². The number of nitrogens with two attached hydrogens (primary N) is 1. The van der Waals surface area contributed by atoms with Gasteiger partial charge in [-0.15, -0.1) is 5.10 Å². The van der Waals surface area contributed by atoms with Crippen LogP contribution in [0.4, 0.5) is 4.39 Å². The van der Waals surface area contributed by atoms with Gasteiger partial charge in [0.25, 0.3) is 0 Å². The van der Waals surface area contributed by atoms with E-state index in [1.165, 1.54) is 12.1 Å². The van der Waals surface area contributed by atoms with Crippen LogP contribution in [0.15, 0.2) is 24.4 Å². The van der Waals surface area contributed by atoms with E-state index in [9.17, 15) is 4.39 Å². The highest BCUT2D eigenvalue weighted by Crippen LogP contribution is 2.15. The molecule has 0 amide bonds. The minimum atomic E-state index is -0.293. The smallest absolute Gasteiger partial charge is 0.128 e. The topological polar surface area (TPSA) is 56.7 Å². The second kappa shape index (κ2) is 5.93. The van der Waals surface area contributed by atoms with Crippen molar-refractivity contribution in [1.29, 1.82) is 0 Å². The number of halogens is 2. The average molecular weight is 269 g/mol. The van der Waals surface area contributed by atoms with Gasteiger partial charge in [-0.3, -0.25) is 0 Å². The molecule has 96 valence electrons. The van der Waals surface area contributed by atoms with Gasteiger partial charge < -0.3 is 5.73 Å². The highest BCUT2D eigenvalue weighted by atomic mass is 35.5. The molecular formula is C12H14ClFN4. The summed E-state index contributed by atoms with van der Waals surface area (Å²) in [4.78, 5) is 0. The van der Waals surface area contributed by atoms with Crippen molar-refractivity contribution in [3.05, 3.63) is 46.5 Å². The molecule has 0 spiro atoms. The Balaban J connectivity index is 2.08. The number of hydrogen-bond donors (Lipinski definition) is 1. The zero-order valence-corrected chi connectivity index (χ0v) is 10.6. The number of rotatable bonds is 5. The summed E-state index contributed by atoms with van der Waals surface area (Å²) >= 11 is 5.83. The fourth-order valence-electron chi connectivity index (χ4n) is 1.65. The van der Waals surface area contributed by atoms with Crippen LogP contribution in [0.25, 0.3) is 0 Å². The summed E-state index contributed by atoms with van der Waals surface area (Å²) in [5, 5.41) is 8.46. The van der Waals surface area contributed by atoms with E-state index in [4.69, 9.17) is 17.3 Å². The van der Waals surface area contributed by atoms with Crippen molar-refractivity contribution in [2.24, 2.45) is 5.73 Å². The lowest BCUT2D eigenvalue weighted by molar-refractivity contribution is 0.577. The van der Waals surface area contributed by atoms with E-state index in [2.05, 4.69) is 10.3 Å². The van der Waals surface area contributed by atoms with Gasteiger partial charge in [0.2, 0.25) is 0 Å². The van der Waals surface area contributed by atoms with E-state index < -0.39 is 0 Å². The van der Waals surface area contributed by atoms with Gasteiger partial charge in [0, 0.05) is 16.8 Å². The van der Waals surface area contributed by atoms with Crippen molar-refractivity contribution in [2.75, 3.05) is 6.54 Å². The monoisotopic (exact) mass is 268 g/mol. The molecule has 0 aliphatic carbocycles. The molecule has 1 heterocycles. The van der Waals surface area contributed by atoms with E-state index >= 15 is 0 Å². The quantitative estimate of drug-likeness (QED) is 0.902. The van der Waals surface area contributed by atoms with Gasteiger partial charge in [-0.1, -0.05) is 16.8 Å². The van der Waals surface area contributed by atoms with Gasteiger partial charge in [-0.25, -0.2) is 9.07 Å². The van der Waals surface area contributed by atoms with Crippen LogP contribution in [0.1, 0.15) is 17.7 Å². The fourth-order valence-corrected chi connectivity index (χ4v) is 1.85. The van der Waals surface area contributed by atoms with Crippen LogP contribution in [0.2, 0.25) is 5.02 Å². The van der Waals surface area contributed by atoms with Crippen molar-refractivity contribution in [2.45, 2.75) is 19.4 Å². The molecule has 0 aliphatic rings. The molecule has 1 aromatic heterocycles. The van der Waals surface area contributed by atoms with Gasteiger partial charge in [-0.2, -0.15) is 0 Å². The molecule has 4 nitrogen and oxygen atoms in total. The number of benzene rings is 1. The first-order valence-corrected chi connectivity index (χ1v) is 6.10. The normalized spacial score (nSPS) is 10.8. The van der Waals surface area contributed by atoms with Crippen molar-refractivity contribution in [3.8, 4) is 0 Å². The third kappa shape index (κ3) is 3.27. The van der Waals surface area contributed by atoms with Gasteiger partial charge in [-0.05, 0) is 37.6 Å². The second-order valence-corrected chi connectivity index (χ2v) is 4.47. The zero-order valence-electron chi connectivity index (χ0n) is 9.81. The predicted molar refractivity (Wildman–Crippen MR) is 67.9 cm³/mol. The van der Waals surface area contributed by atoms with E-state index in [0.717, 1.165) is 18.5 Å². The van der Waals surface area contributed by atoms with Crippen LogP contribution >= 0.6 is 11.6 Å². The van der Waals surface area contributed by atoms with Gasteiger partial charge in [0.15, 0.2) is 0 Å². The molecule has 2 aromatic rings. The highest BCUT2D eigenvalue weighted by Gasteiger charge is 2.06. The first-order valence-electron chi connectivity index (χ1n) is 5.72. The Bertz CT molecular complexity index is 527. The maximum absolute atomic E-state index is 13.5. The van der Waals surface area contributed by atoms with Crippen LogP contribution in [0, 0.1) is 5.82 Å². The summed E-state index contributed by atoms with van der Waals surface area (Å²) in [6.45, 7) is 0.942. The second-order valence-electron chi connectivity index (χ2n) is 4.04. The van der Waals surface area contributed by atoms with Crippen molar-refractivity contribution < 1.29 is 4.39 Å². The predicted octanol–water partition coefficient (Wildman–Crippen LogP) is 2.01. The van der Waals surface area contributed by atoms with Crippen LogP contribution in [-0.2, 0) is 13.0 Å². The SMILES string of the molecule is NCCCc1cn(Cc2cc(Cl)ccc2F)nn1. The van der Waals surface area contributed by atoms with Crippen molar-refractivity contribution in [1.82, 2.24) is 15.0 Å². The molecule has 0 bridgehead atoms. The van der Waals surface area contributed by atoms with Crippen molar-refractivity contribution in [3.63, 3.8) is 0 Å². The Kier molecular flexibility index (Phi) is 4.28. The van der Waals surface area contributed by atoms with Crippen LogP contribution in [0.5, 0.6) is 0 Å². The Morgan fingerprint density at radius 3 is 3.00 bits per heavy atom. The standard InChI is InChI=1S/C12H14ClFN4/c13-10-3-4-12(14)9(6-10)7-18-8-11(16-17-18)2-1-5-15/h3-4,6,8H,1-2,5,7,15H2. The molecule has 0 aliphatic heterocycles. The third-order valence-corrected chi connectivity index (χ3v) is 2.80. The molecular weight excluding hydrogens is 255 g/mol. The molecule has 6 heteroatoms. The summed E-state index contributed by atoms with van der Waals surface area (Å²) in [5.41, 5.74) is 6.79. The molecule has 2 rings (SSSR count). The lowest BCUT2D eigenvalue weighted by atomic mass is 10.2. The molecule has 0 saturated heterocycles. The van der Waals surface area contributed by atoms with E-state index in [-0.39, 0.29) is 5.82 Å². The van der Waals surface area contributed by atoms with E-state index in [0.29, 0.717) is 23.7 Å². The maximum atomic E-state index is 13.5. The lowest BCUT2D eigenvalue weighted by Crippen LogP contribution is -2.02. The Morgan fingerprint density at radius 2 is 2.22 bits per heavy atom. The Morgan fingerprint density at radius 1 is 1.39 bits per heavy atom. The lowest BCUT2D eigenvalue weighted by Gasteiger charge is -2.03. The fraction of sp³-hybridized carbons (Fsp3) is 0.333. The minimum absolute atomic E-state index is 0.293. The first kappa shape index (κ1) is 13.0. The summed E-state index contributed by atoms with van der Waals surface area (Å²) in [5.74, 6) is -0.293. The minimum Gasteiger partial charge on any atom is -0.330 e. The Hall–Kier alpha value is -1.46. The van der Waals surface area contributed by atoms with Crippen LogP contribution < -0.4 is 5.73 Å². The highest BCUT2D eigenvalue weighted by molar-refractivity contribution is 6.30. The summed E-state index contributed by atoms with van der Waals surface area (Å²) in [6, 6.07) is 4.47. The molecule has 18 heavy (non-hydrogen) atoms. The van der Waals surface area contributed by atoms with Gasteiger partial charge in [0.1, 0.15) is 5.82 Å². The van der Waals surface area contributed by atoms with Gasteiger partial charge >= 0.3 is 0 Å². The summed E-state index contributed by atoms with van der Waals surface area (Å²) in [7, 11) is 0. The molecule has 0 atom stereocenters. The number of aryl methyl sites for hydroxylation is 1. The van der Waals surface area contributed by atoms with E-state index in [1.54, 1.807) is 16.9 Å². The number of aromatic nitrogens is 3. The first-order chi connectivity index (χ1) is 8.69. The number of nitrogens with zero attached hydrogens (tertiary/aromatic N) is 3. The molecule has 0 radical (unpaired) electrons. The number of hydrogen-bond acceptors (Lipinski definition) is 3. The summed E-state index contributed by atoms with van der Waals surface area (Å²) in [6.07, 6.45) is 3.45. The average Bonchev–Trinajstić information content (AvgIpc) is 2.79. The zero-order chi connectivity index (χ0) is 13.0. The molecule has 0 fully saturated rings. The van der Waals surface area contributed by atoms with Crippen LogP contribution in [0.3, 0.4) is 0 Å². The third-order valence-electron chi connectivity index (χ3n) is 2.56. The largest absolute Gasteiger partial charge is 0.330 e. The van der Waals surface area contributed by atoms with Crippen molar-refractivity contribution >= 4 is 11.6 Å². The molecule has 0 unspecified atom stereocenters. The maximum Gasteiger partial charge on any atom is 0.128 e. The molecule has 0 saturated carbocycles. The Labute approximate surface area is 110 Å². The van der Waals surface area contributed by atoms with E-state index in [1.807, 2.05) is 0 Å². The summed E-state index contributed by atoms with van der Waals surface area (Å²) < 4.78 is 15.1.